The van der Waals surface area contributed by atoms with E-state index in [1.807, 2.05) is 84.9 Å². The Balaban J connectivity index is 1.94. The highest BCUT2D eigenvalue weighted by atomic mass is 16.7. The molecule has 0 saturated carbocycles. The molecule has 7 nitrogen and oxygen atoms in total. The molecule has 1 heterocycles. The smallest absolute Gasteiger partial charge is 0.188 e. The molecule has 4 N–H and O–H groups in total. The summed E-state index contributed by atoms with van der Waals surface area (Å²) in [6.07, 6.45) is -7.09. The van der Waals surface area contributed by atoms with E-state index in [4.69, 9.17) is 14.2 Å². The Morgan fingerprint density at radius 3 is 1.85 bits per heavy atom. The maximum atomic E-state index is 10.8. The van der Waals surface area contributed by atoms with Crippen molar-refractivity contribution in [1.29, 1.82) is 0 Å². The first-order chi connectivity index (χ1) is 16.0. The maximum absolute atomic E-state index is 10.8. The van der Waals surface area contributed by atoms with Crippen molar-refractivity contribution >= 4 is 0 Å². The number of methoxy groups -OCH3 is 1. The van der Waals surface area contributed by atoms with Gasteiger partial charge in [-0.3, -0.25) is 0 Å². The van der Waals surface area contributed by atoms with E-state index in [0.717, 1.165) is 11.1 Å². The highest BCUT2D eigenvalue weighted by Crippen LogP contribution is 2.46. The number of hydrogen-bond acceptors (Lipinski definition) is 7. The molecule has 3 aromatic rings. The van der Waals surface area contributed by atoms with Crippen LogP contribution < -0.4 is 4.74 Å². The minimum Gasteiger partial charge on any atom is -0.496 e. The van der Waals surface area contributed by atoms with Crippen LogP contribution >= 0.6 is 0 Å². The van der Waals surface area contributed by atoms with Gasteiger partial charge < -0.3 is 34.6 Å². The normalized spacial score (nSPS) is 25.5. The zero-order chi connectivity index (χ0) is 23.4. The van der Waals surface area contributed by atoms with E-state index in [0.29, 0.717) is 11.3 Å². The standard InChI is InChI=1S/C26H28O7/c1-31-20-15-9-8-14-19(20)26(17-10-4-2-5-11-17,18-12-6-3-7-13-18)33-25-24(30)23(29)22(28)21(16-27)32-25/h2-15,21-25,27-30H,16H2,1H3/t21-,22-,23+,24+,25-/m1/s1. The first-order valence-electron chi connectivity index (χ1n) is 10.8. The molecular weight excluding hydrogens is 424 g/mol. The number of rotatable bonds is 7. The number of ether oxygens (including phenoxy) is 3. The number of para-hydroxylation sites is 1. The van der Waals surface area contributed by atoms with E-state index < -0.39 is 42.9 Å². The van der Waals surface area contributed by atoms with E-state index in [1.54, 1.807) is 7.11 Å². The summed E-state index contributed by atoms with van der Waals surface area (Å²) in [6, 6.07) is 26.2. The van der Waals surface area contributed by atoms with Gasteiger partial charge in [0.2, 0.25) is 0 Å². The Morgan fingerprint density at radius 2 is 1.30 bits per heavy atom. The largest absolute Gasteiger partial charge is 0.496 e. The first-order valence-corrected chi connectivity index (χ1v) is 10.8. The highest BCUT2D eigenvalue weighted by Gasteiger charge is 2.50. The van der Waals surface area contributed by atoms with Crippen LogP contribution in [0.25, 0.3) is 0 Å². The van der Waals surface area contributed by atoms with Crippen LogP contribution in [0.3, 0.4) is 0 Å². The highest BCUT2D eigenvalue weighted by molar-refractivity contribution is 5.53. The Morgan fingerprint density at radius 1 is 0.758 bits per heavy atom. The van der Waals surface area contributed by atoms with Gasteiger partial charge in [0.25, 0.3) is 0 Å². The Bertz CT molecular complexity index is 986. The van der Waals surface area contributed by atoms with E-state index in [2.05, 4.69) is 0 Å². The zero-order valence-corrected chi connectivity index (χ0v) is 18.2. The molecule has 7 heteroatoms. The van der Waals surface area contributed by atoms with Crippen molar-refractivity contribution in [2.75, 3.05) is 13.7 Å². The minimum atomic E-state index is -1.57. The van der Waals surface area contributed by atoms with Gasteiger partial charge in [0, 0.05) is 5.56 Å². The van der Waals surface area contributed by atoms with Gasteiger partial charge in [-0.1, -0.05) is 78.9 Å². The predicted molar refractivity (Wildman–Crippen MR) is 121 cm³/mol. The molecule has 1 fully saturated rings. The molecule has 33 heavy (non-hydrogen) atoms. The number of aliphatic hydroxyl groups is 4. The minimum absolute atomic E-state index is 0.551. The van der Waals surface area contributed by atoms with Gasteiger partial charge in [-0.25, -0.2) is 0 Å². The Hall–Kier alpha value is -2.78. The van der Waals surface area contributed by atoms with Gasteiger partial charge in [0.05, 0.1) is 13.7 Å². The van der Waals surface area contributed by atoms with Gasteiger partial charge in [-0.05, 0) is 17.2 Å². The third-order valence-electron chi connectivity index (χ3n) is 5.99. The quantitative estimate of drug-likeness (QED) is 0.405. The fourth-order valence-corrected chi connectivity index (χ4v) is 4.30. The molecule has 4 rings (SSSR count). The molecular formula is C26H28O7. The molecule has 3 aromatic carbocycles. The van der Waals surface area contributed by atoms with Crippen molar-refractivity contribution in [3.05, 3.63) is 102 Å². The molecule has 1 saturated heterocycles. The van der Waals surface area contributed by atoms with Crippen molar-refractivity contribution in [2.45, 2.75) is 36.3 Å². The van der Waals surface area contributed by atoms with Gasteiger partial charge >= 0.3 is 0 Å². The second kappa shape index (κ2) is 10.0. The summed E-state index contributed by atoms with van der Waals surface area (Å²) in [7, 11) is 1.56. The lowest BCUT2D eigenvalue weighted by molar-refractivity contribution is -0.319. The van der Waals surface area contributed by atoms with Crippen LogP contribution in [0.1, 0.15) is 16.7 Å². The summed E-state index contributed by atoms with van der Waals surface area (Å²) >= 11 is 0. The SMILES string of the molecule is COc1ccccc1C(O[C@H]1O[C@H](CO)[C@@H](O)[C@H](O)[C@@H]1O)(c1ccccc1)c1ccccc1. The van der Waals surface area contributed by atoms with E-state index in [9.17, 15) is 20.4 Å². The zero-order valence-electron chi connectivity index (χ0n) is 18.2. The Kier molecular flexibility index (Phi) is 7.09. The molecule has 0 unspecified atom stereocenters. The monoisotopic (exact) mass is 452 g/mol. The topological polar surface area (TPSA) is 109 Å². The van der Waals surface area contributed by atoms with Crippen molar-refractivity contribution in [3.63, 3.8) is 0 Å². The molecule has 0 aromatic heterocycles. The van der Waals surface area contributed by atoms with Gasteiger partial charge in [-0.15, -0.1) is 0 Å². The van der Waals surface area contributed by atoms with E-state index in [-0.39, 0.29) is 0 Å². The average molecular weight is 453 g/mol. The van der Waals surface area contributed by atoms with Crippen LogP contribution in [0, 0.1) is 0 Å². The van der Waals surface area contributed by atoms with Crippen molar-refractivity contribution in [3.8, 4) is 5.75 Å². The second-order valence-corrected chi connectivity index (χ2v) is 7.93. The average Bonchev–Trinajstić information content (AvgIpc) is 2.88. The fraction of sp³-hybridized carbons (Fsp3) is 0.308. The fourth-order valence-electron chi connectivity index (χ4n) is 4.30. The third-order valence-corrected chi connectivity index (χ3v) is 5.99. The van der Waals surface area contributed by atoms with Crippen LogP contribution in [0.5, 0.6) is 5.75 Å². The summed E-state index contributed by atoms with van der Waals surface area (Å²) in [5.74, 6) is 0.551. The van der Waals surface area contributed by atoms with Crippen LogP contribution in [0.15, 0.2) is 84.9 Å². The van der Waals surface area contributed by atoms with Crippen molar-refractivity contribution < 1.29 is 34.6 Å². The lowest BCUT2D eigenvalue weighted by Crippen LogP contribution is -2.60. The van der Waals surface area contributed by atoms with Crippen LogP contribution in [-0.2, 0) is 15.1 Å². The van der Waals surface area contributed by atoms with Gasteiger partial charge in [0.15, 0.2) is 11.9 Å². The summed E-state index contributed by atoms with van der Waals surface area (Å²) in [5, 5.41) is 41.1. The van der Waals surface area contributed by atoms with Gasteiger partial charge in [0.1, 0.15) is 30.2 Å². The van der Waals surface area contributed by atoms with Gasteiger partial charge in [-0.2, -0.15) is 0 Å². The molecule has 0 bridgehead atoms. The number of aliphatic hydroxyl groups excluding tert-OH is 4. The van der Waals surface area contributed by atoms with Crippen LogP contribution in [0.2, 0.25) is 0 Å². The summed E-state index contributed by atoms with van der Waals surface area (Å²) in [6.45, 7) is -0.552. The third kappa shape index (κ3) is 4.27. The van der Waals surface area contributed by atoms with Crippen molar-refractivity contribution in [2.24, 2.45) is 0 Å². The van der Waals surface area contributed by atoms with Crippen LogP contribution in [-0.4, -0.2) is 64.8 Å². The Labute approximate surface area is 192 Å². The van der Waals surface area contributed by atoms with E-state index in [1.165, 1.54) is 0 Å². The number of hydrogen-bond donors (Lipinski definition) is 4. The summed E-state index contributed by atoms with van der Waals surface area (Å²) < 4.78 is 18.0. The molecule has 1 aliphatic rings. The molecule has 174 valence electrons. The maximum Gasteiger partial charge on any atom is 0.188 e. The van der Waals surface area contributed by atoms with Crippen molar-refractivity contribution in [1.82, 2.24) is 0 Å². The number of benzene rings is 3. The second-order valence-electron chi connectivity index (χ2n) is 7.93. The van der Waals surface area contributed by atoms with Crippen LogP contribution in [0.4, 0.5) is 0 Å². The lowest BCUT2D eigenvalue weighted by atomic mass is 9.79. The first kappa shape index (κ1) is 23.4. The summed E-state index contributed by atoms with van der Waals surface area (Å²) in [5.41, 5.74) is 0.806. The van der Waals surface area contributed by atoms with E-state index >= 15 is 0 Å². The molecule has 0 amide bonds. The molecule has 0 aliphatic carbocycles. The lowest BCUT2D eigenvalue weighted by Gasteiger charge is -2.45. The predicted octanol–water partition coefficient (Wildman–Crippen LogP) is 1.80. The summed E-state index contributed by atoms with van der Waals surface area (Å²) in [4.78, 5) is 0. The molecule has 5 atom stereocenters. The molecule has 0 radical (unpaired) electrons. The molecule has 1 aliphatic heterocycles. The molecule has 0 spiro atoms.